The summed E-state index contributed by atoms with van der Waals surface area (Å²) in [6.07, 6.45) is 1.85. The van der Waals surface area contributed by atoms with Crippen molar-refractivity contribution < 1.29 is 5.11 Å². The van der Waals surface area contributed by atoms with Gasteiger partial charge in [0.15, 0.2) is 0 Å². The molecule has 4 nitrogen and oxygen atoms in total. The third kappa shape index (κ3) is 1.65. The zero-order valence-electron chi connectivity index (χ0n) is 7.49. The maximum absolute atomic E-state index is 9.63. The molecule has 1 aromatic heterocycles. The van der Waals surface area contributed by atoms with Gasteiger partial charge < -0.3 is 10.8 Å². The Balaban J connectivity index is 2.85. The second kappa shape index (κ2) is 3.69. The van der Waals surface area contributed by atoms with Crippen LogP contribution in [0.3, 0.4) is 0 Å². The Morgan fingerprint density at radius 1 is 1.75 bits per heavy atom. The number of nitrogens with two attached hydrogens (primary N) is 1. The number of aromatic nitrogens is 2. The molecule has 0 amide bonds. The van der Waals surface area contributed by atoms with Crippen LogP contribution >= 0.6 is 0 Å². The van der Waals surface area contributed by atoms with E-state index >= 15 is 0 Å². The molecule has 1 atom stereocenters. The molecule has 0 aliphatic carbocycles. The van der Waals surface area contributed by atoms with E-state index in [1.54, 1.807) is 10.9 Å². The van der Waals surface area contributed by atoms with E-state index in [4.69, 9.17) is 5.73 Å². The first kappa shape index (κ1) is 9.22. The molecule has 0 spiro atoms. The number of aryl methyl sites for hydroxylation is 2. The molecule has 0 aliphatic rings. The molecule has 0 radical (unpaired) electrons. The summed E-state index contributed by atoms with van der Waals surface area (Å²) in [6.45, 7) is 2.42. The lowest BCUT2D eigenvalue weighted by Gasteiger charge is -2.10. The molecule has 0 unspecified atom stereocenters. The number of hydrogen-bond donors (Lipinski definition) is 2. The minimum absolute atomic E-state index is 0.484. The Hall–Kier alpha value is -0.870. The summed E-state index contributed by atoms with van der Waals surface area (Å²) in [7, 11) is 1.82. The Labute approximate surface area is 72.0 Å². The lowest BCUT2D eigenvalue weighted by Crippen LogP contribution is -2.11. The summed E-state index contributed by atoms with van der Waals surface area (Å²) in [5.41, 5.74) is 7.22. The molecule has 68 valence electrons. The van der Waals surface area contributed by atoms with Crippen molar-refractivity contribution in [1.29, 1.82) is 0 Å². The maximum atomic E-state index is 9.63. The molecule has 12 heavy (non-hydrogen) atoms. The van der Waals surface area contributed by atoms with Crippen molar-refractivity contribution >= 4 is 0 Å². The van der Waals surface area contributed by atoms with Gasteiger partial charge in [0.1, 0.15) is 0 Å². The molecule has 0 bridgehead atoms. The van der Waals surface area contributed by atoms with E-state index in [2.05, 4.69) is 5.10 Å². The molecule has 4 heteroatoms. The van der Waals surface area contributed by atoms with Crippen LogP contribution in [0.5, 0.6) is 0 Å². The molecule has 1 rings (SSSR count). The average molecular weight is 169 g/mol. The van der Waals surface area contributed by atoms with E-state index in [0.717, 1.165) is 11.3 Å². The minimum atomic E-state index is -0.484. The van der Waals surface area contributed by atoms with Crippen molar-refractivity contribution in [2.24, 2.45) is 12.8 Å². The normalized spacial score (nSPS) is 13.3. The Morgan fingerprint density at radius 3 is 2.83 bits per heavy atom. The van der Waals surface area contributed by atoms with Crippen LogP contribution < -0.4 is 5.73 Å². The molecule has 0 aliphatic heterocycles. The summed E-state index contributed by atoms with van der Waals surface area (Å²) in [5.74, 6) is 0. The van der Waals surface area contributed by atoms with E-state index in [9.17, 15) is 5.11 Å². The lowest BCUT2D eigenvalue weighted by atomic mass is 10.1. The molecule has 0 fully saturated rings. The first-order valence-corrected chi connectivity index (χ1v) is 4.03. The zero-order chi connectivity index (χ0) is 9.14. The molecule has 1 aromatic rings. The minimum Gasteiger partial charge on any atom is -0.387 e. The predicted molar refractivity (Wildman–Crippen MR) is 46.6 cm³/mol. The second-order valence-electron chi connectivity index (χ2n) is 2.93. The quantitative estimate of drug-likeness (QED) is 0.675. The van der Waals surface area contributed by atoms with E-state index in [-0.39, 0.29) is 0 Å². The van der Waals surface area contributed by atoms with E-state index in [0.29, 0.717) is 13.0 Å². The van der Waals surface area contributed by atoms with Crippen LogP contribution in [0.25, 0.3) is 0 Å². The van der Waals surface area contributed by atoms with Gasteiger partial charge in [0, 0.05) is 7.05 Å². The van der Waals surface area contributed by atoms with Crippen LogP contribution in [-0.2, 0) is 7.05 Å². The SMILES string of the molecule is Cc1cnn(C)c1[C@H](O)CCN. The van der Waals surface area contributed by atoms with Crippen LogP contribution in [0.2, 0.25) is 0 Å². The fourth-order valence-electron chi connectivity index (χ4n) is 1.33. The summed E-state index contributed by atoms with van der Waals surface area (Å²) < 4.78 is 1.69. The van der Waals surface area contributed by atoms with Crippen molar-refractivity contribution in [3.05, 3.63) is 17.5 Å². The lowest BCUT2D eigenvalue weighted by molar-refractivity contribution is 0.160. The molecule has 0 aromatic carbocycles. The van der Waals surface area contributed by atoms with Gasteiger partial charge in [-0.05, 0) is 25.5 Å². The Kier molecular flexibility index (Phi) is 2.83. The van der Waals surface area contributed by atoms with Crippen LogP contribution in [0.1, 0.15) is 23.8 Å². The van der Waals surface area contributed by atoms with Gasteiger partial charge in [0.25, 0.3) is 0 Å². The highest BCUT2D eigenvalue weighted by molar-refractivity contribution is 5.17. The largest absolute Gasteiger partial charge is 0.387 e. The number of nitrogens with zero attached hydrogens (tertiary/aromatic N) is 2. The standard InChI is InChI=1S/C8H15N3O/c1-6-5-10-11(2)8(6)7(12)3-4-9/h5,7,12H,3-4,9H2,1-2H3/t7-/m1/s1. The first-order valence-electron chi connectivity index (χ1n) is 4.03. The fraction of sp³-hybridized carbons (Fsp3) is 0.625. The molecule has 1 heterocycles. The smallest absolute Gasteiger partial charge is 0.0971 e. The van der Waals surface area contributed by atoms with Crippen molar-refractivity contribution in [3.63, 3.8) is 0 Å². The highest BCUT2D eigenvalue weighted by Gasteiger charge is 2.13. The van der Waals surface area contributed by atoms with E-state index in [1.807, 2.05) is 14.0 Å². The highest BCUT2D eigenvalue weighted by Crippen LogP contribution is 2.18. The van der Waals surface area contributed by atoms with Gasteiger partial charge in [-0.15, -0.1) is 0 Å². The van der Waals surface area contributed by atoms with Crippen molar-refractivity contribution in [3.8, 4) is 0 Å². The zero-order valence-corrected chi connectivity index (χ0v) is 7.49. The fourth-order valence-corrected chi connectivity index (χ4v) is 1.33. The molecule has 0 saturated carbocycles. The second-order valence-corrected chi connectivity index (χ2v) is 2.93. The number of aliphatic hydroxyl groups is 1. The van der Waals surface area contributed by atoms with Crippen LogP contribution in [0.4, 0.5) is 0 Å². The van der Waals surface area contributed by atoms with Gasteiger partial charge in [0.2, 0.25) is 0 Å². The monoisotopic (exact) mass is 169 g/mol. The van der Waals surface area contributed by atoms with Crippen molar-refractivity contribution in [2.75, 3.05) is 6.54 Å². The summed E-state index contributed by atoms with van der Waals surface area (Å²) in [6, 6.07) is 0. The number of hydrogen-bond acceptors (Lipinski definition) is 3. The van der Waals surface area contributed by atoms with Crippen LogP contribution in [0, 0.1) is 6.92 Å². The molecule has 0 saturated heterocycles. The van der Waals surface area contributed by atoms with Gasteiger partial charge in [-0.2, -0.15) is 5.10 Å². The Bertz CT molecular complexity index is 237. The number of rotatable bonds is 3. The van der Waals surface area contributed by atoms with Gasteiger partial charge in [-0.3, -0.25) is 4.68 Å². The van der Waals surface area contributed by atoms with E-state index < -0.39 is 6.10 Å². The van der Waals surface area contributed by atoms with Crippen molar-refractivity contribution in [2.45, 2.75) is 19.4 Å². The first-order chi connectivity index (χ1) is 5.66. The maximum Gasteiger partial charge on any atom is 0.0971 e. The van der Waals surface area contributed by atoms with Crippen LogP contribution in [0.15, 0.2) is 6.20 Å². The van der Waals surface area contributed by atoms with Crippen molar-refractivity contribution in [1.82, 2.24) is 9.78 Å². The topological polar surface area (TPSA) is 64.1 Å². The third-order valence-electron chi connectivity index (χ3n) is 1.93. The molecular weight excluding hydrogens is 154 g/mol. The summed E-state index contributed by atoms with van der Waals surface area (Å²) >= 11 is 0. The van der Waals surface area contributed by atoms with Crippen LogP contribution in [-0.4, -0.2) is 21.4 Å². The Morgan fingerprint density at radius 2 is 2.42 bits per heavy atom. The van der Waals surface area contributed by atoms with Gasteiger partial charge in [-0.1, -0.05) is 0 Å². The summed E-state index contributed by atoms with van der Waals surface area (Å²) in [5, 5.41) is 13.7. The highest BCUT2D eigenvalue weighted by atomic mass is 16.3. The molecule has 3 N–H and O–H groups in total. The van der Waals surface area contributed by atoms with Gasteiger partial charge in [0.05, 0.1) is 18.0 Å². The van der Waals surface area contributed by atoms with Gasteiger partial charge >= 0.3 is 0 Å². The summed E-state index contributed by atoms with van der Waals surface area (Å²) in [4.78, 5) is 0. The van der Waals surface area contributed by atoms with E-state index in [1.165, 1.54) is 0 Å². The molecular formula is C8H15N3O. The average Bonchev–Trinajstić information content (AvgIpc) is 2.32. The van der Waals surface area contributed by atoms with Gasteiger partial charge in [-0.25, -0.2) is 0 Å². The predicted octanol–water partition coefficient (Wildman–Crippen LogP) is 0.111. The number of aliphatic hydroxyl groups excluding tert-OH is 1. The third-order valence-corrected chi connectivity index (χ3v) is 1.93.